The minimum atomic E-state index is -0.542. The molecule has 0 aliphatic rings. The topological polar surface area (TPSA) is 55.8 Å². The summed E-state index contributed by atoms with van der Waals surface area (Å²) in [5.41, 5.74) is 0. The molecule has 0 fully saturated rings. The fourth-order valence-corrected chi connectivity index (χ4v) is 5.85. The van der Waals surface area contributed by atoms with E-state index in [0.717, 1.165) is 57.8 Å². The van der Waals surface area contributed by atoms with Gasteiger partial charge in [-0.25, -0.2) is 0 Å². The van der Waals surface area contributed by atoms with Gasteiger partial charge in [0.1, 0.15) is 6.10 Å². The first-order valence-corrected chi connectivity index (χ1v) is 20.7. The Labute approximate surface area is 299 Å². The summed E-state index contributed by atoms with van der Waals surface area (Å²) in [5.74, 6) is -0.206. The van der Waals surface area contributed by atoms with Gasteiger partial charge in [0, 0.05) is 13.0 Å². The van der Waals surface area contributed by atoms with Crippen LogP contribution < -0.4 is 0 Å². The highest BCUT2D eigenvalue weighted by Gasteiger charge is 2.13. The van der Waals surface area contributed by atoms with Gasteiger partial charge in [0.2, 0.25) is 0 Å². The highest BCUT2D eigenvalue weighted by atomic mass is 16.6. The van der Waals surface area contributed by atoms with Crippen molar-refractivity contribution in [3.05, 3.63) is 48.6 Å². The average molecular weight is 673 g/mol. The van der Waals surface area contributed by atoms with Gasteiger partial charge in [-0.05, 0) is 51.4 Å². The van der Waals surface area contributed by atoms with Crippen LogP contribution >= 0.6 is 0 Å². The van der Waals surface area contributed by atoms with Crippen molar-refractivity contribution >= 4 is 5.97 Å². The number of esters is 1. The third-order valence-corrected chi connectivity index (χ3v) is 8.92. The average Bonchev–Trinajstić information content (AvgIpc) is 3.09. The highest BCUT2D eigenvalue weighted by Crippen LogP contribution is 2.15. The predicted octanol–water partition coefficient (Wildman–Crippen LogP) is 13.5. The van der Waals surface area contributed by atoms with Crippen LogP contribution in [0.3, 0.4) is 0 Å². The maximum atomic E-state index is 12.2. The van der Waals surface area contributed by atoms with Crippen molar-refractivity contribution in [1.29, 1.82) is 0 Å². The molecule has 0 rings (SSSR count). The van der Waals surface area contributed by atoms with Crippen LogP contribution in [0.4, 0.5) is 0 Å². The van der Waals surface area contributed by atoms with Crippen molar-refractivity contribution in [1.82, 2.24) is 0 Å². The van der Waals surface area contributed by atoms with Gasteiger partial charge in [0.15, 0.2) is 0 Å². The molecule has 0 aliphatic carbocycles. The molecule has 0 saturated heterocycles. The second-order valence-corrected chi connectivity index (χ2v) is 13.7. The van der Waals surface area contributed by atoms with E-state index in [0.29, 0.717) is 13.0 Å². The Morgan fingerprint density at radius 3 is 1.42 bits per heavy atom. The van der Waals surface area contributed by atoms with E-state index in [-0.39, 0.29) is 19.2 Å². The molecule has 0 aromatic heterocycles. The van der Waals surface area contributed by atoms with Crippen molar-refractivity contribution < 1.29 is 19.4 Å². The molecule has 0 aliphatic heterocycles. The van der Waals surface area contributed by atoms with E-state index in [1.54, 1.807) is 0 Å². The Hall–Kier alpha value is -1.65. The second kappa shape index (κ2) is 41.5. The molecule has 1 atom stereocenters. The van der Waals surface area contributed by atoms with Gasteiger partial charge in [-0.3, -0.25) is 4.79 Å². The minimum absolute atomic E-state index is 0.178. The molecule has 0 bridgehead atoms. The number of hydrogen-bond acceptors (Lipinski definition) is 4. The minimum Gasteiger partial charge on any atom is -0.457 e. The zero-order valence-corrected chi connectivity index (χ0v) is 32.0. The third kappa shape index (κ3) is 38.8. The van der Waals surface area contributed by atoms with Gasteiger partial charge in [0.25, 0.3) is 0 Å². The van der Waals surface area contributed by atoms with Crippen LogP contribution in [-0.4, -0.2) is 37.0 Å². The zero-order chi connectivity index (χ0) is 34.9. The van der Waals surface area contributed by atoms with Crippen LogP contribution in [-0.2, 0) is 14.3 Å². The molecule has 0 saturated carbocycles. The summed E-state index contributed by atoms with van der Waals surface area (Å²) in [6, 6.07) is 0. The molecule has 0 radical (unpaired) electrons. The number of aliphatic hydroxyl groups excluding tert-OH is 1. The van der Waals surface area contributed by atoms with E-state index in [1.807, 2.05) is 0 Å². The molecule has 4 nitrogen and oxygen atoms in total. The van der Waals surface area contributed by atoms with E-state index in [1.165, 1.54) is 122 Å². The van der Waals surface area contributed by atoms with E-state index in [2.05, 4.69) is 62.5 Å². The Balaban J connectivity index is 3.46. The summed E-state index contributed by atoms with van der Waals surface area (Å²) < 4.78 is 11.1. The Kier molecular flexibility index (Phi) is 40.1. The highest BCUT2D eigenvalue weighted by molar-refractivity contribution is 5.69. The van der Waals surface area contributed by atoms with Crippen LogP contribution in [0, 0.1) is 0 Å². The van der Waals surface area contributed by atoms with Crippen molar-refractivity contribution in [2.24, 2.45) is 0 Å². The molecule has 1 unspecified atom stereocenters. The summed E-state index contributed by atoms with van der Waals surface area (Å²) in [7, 11) is 0. The summed E-state index contributed by atoms with van der Waals surface area (Å²) in [4.78, 5) is 12.2. The first-order chi connectivity index (χ1) is 23.7. The fourth-order valence-electron chi connectivity index (χ4n) is 5.85. The van der Waals surface area contributed by atoms with Gasteiger partial charge in [0.05, 0.1) is 13.2 Å². The van der Waals surface area contributed by atoms with Gasteiger partial charge >= 0.3 is 5.97 Å². The lowest BCUT2D eigenvalue weighted by molar-refractivity contribution is -0.154. The SMILES string of the molecule is CC/C=C\C/C=C\C/C=C\C/C=C\CCCCCCCOCC(CO)OC(=O)CCCCCCCCCCCCCCCCCCCC. The molecule has 1 N–H and O–H groups in total. The molecular formula is C44H80O4. The maximum absolute atomic E-state index is 12.2. The zero-order valence-electron chi connectivity index (χ0n) is 32.0. The molecule has 0 aromatic rings. The van der Waals surface area contributed by atoms with Gasteiger partial charge in [-0.2, -0.15) is 0 Å². The Morgan fingerprint density at radius 2 is 0.938 bits per heavy atom. The first kappa shape index (κ1) is 46.4. The maximum Gasteiger partial charge on any atom is 0.306 e. The molecule has 4 heteroatoms. The van der Waals surface area contributed by atoms with Crippen LogP contribution in [0.25, 0.3) is 0 Å². The number of carbonyl (C=O) groups is 1. The smallest absolute Gasteiger partial charge is 0.306 e. The van der Waals surface area contributed by atoms with Crippen LogP contribution in [0.1, 0.15) is 200 Å². The van der Waals surface area contributed by atoms with E-state index >= 15 is 0 Å². The molecule has 0 aromatic carbocycles. The summed E-state index contributed by atoms with van der Waals surface area (Å²) in [5, 5.41) is 9.59. The third-order valence-electron chi connectivity index (χ3n) is 8.92. The summed E-state index contributed by atoms with van der Waals surface area (Å²) >= 11 is 0. The first-order valence-electron chi connectivity index (χ1n) is 20.7. The fraction of sp³-hybridized carbons (Fsp3) is 0.795. The van der Waals surface area contributed by atoms with Gasteiger partial charge in [-0.1, -0.05) is 191 Å². The quantitative estimate of drug-likeness (QED) is 0.0403. The lowest BCUT2D eigenvalue weighted by Gasteiger charge is -2.15. The van der Waals surface area contributed by atoms with Crippen LogP contribution in [0.2, 0.25) is 0 Å². The van der Waals surface area contributed by atoms with Crippen molar-refractivity contribution in [2.75, 3.05) is 19.8 Å². The number of rotatable bonds is 38. The number of allylic oxidation sites excluding steroid dienone is 8. The largest absolute Gasteiger partial charge is 0.457 e. The normalized spacial score (nSPS) is 12.8. The number of hydrogen-bond donors (Lipinski definition) is 1. The van der Waals surface area contributed by atoms with Crippen LogP contribution in [0.5, 0.6) is 0 Å². The van der Waals surface area contributed by atoms with Crippen LogP contribution in [0.15, 0.2) is 48.6 Å². The number of carbonyl (C=O) groups excluding carboxylic acids is 1. The Morgan fingerprint density at radius 1 is 0.521 bits per heavy atom. The second-order valence-electron chi connectivity index (χ2n) is 13.7. The molecule has 48 heavy (non-hydrogen) atoms. The lowest BCUT2D eigenvalue weighted by Crippen LogP contribution is -2.27. The van der Waals surface area contributed by atoms with Crippen molar-refractivity contribution in [2.45, 2.75) is 206 Å². The van der Waals surface area contributed by atoms with Crippen molar-refractivity contribution in [3.63, 3.8) is 0 Å². The van der Waals surface area contributed by atoms with E-state index in [4.69, 9.17) is 9.47 Å². The predicted molar refractivity (Wildman–Crippen MR) is 210 cm³/mol. The number of ether oxygens (including phenoxy) is 2. The van der Waals surface area contributed by atoms with Gasteiger partial charge < -0.3 is 14.6 Å². The number of aliphatic hydroxyl groups is 1. The summed E-state index contributed by atoms with van der Waals surface area (Å²) in [6.45, 7) is 5.21. The monoisotopic (exact) mass is 673 g/mol. The van der Waals surface area contributed by atoms with E-state index in [9.17, 15) is 9.90 Å². The molecule has 0 amide bonds. The molecule has 0 heterocycles. The van der Waals surface area contributed by atoms with Crippen molar-refractivity contribution in [3.8, 4) is 0 Å². The standard InChI is InChI=1S/C44H80O4/c1-3-5-7-9-11-13-15-17-19-21-23-25-27-29-31-33-35-37-39-44(46)48-43(41-45)42-47-40-38-36-34-32-30-28-26-24-22-20-18-16-14-12-10-8-6-4-2/h6,8,12,14,18,20,24,26,43,45H,3-5,7,9-11,13,15-17,19,21-23,25,27-42H2,1-2H3/b8-6-,14-12-,20-18-,26-24-. The Bertz CT molecular complexity index is 753. The molecule has 0 spiro atoms. The van der Waals surface area contributed by atoms with Gasteiger partial charge in [-0.15, -0.1) is 0 Å². The molecular weight excluding hydrogens is 592 g/mol. The number of unbranched alkanes of at least 4 members (excludes halogenated alkanes) is 22. The summed E-state index contributed by atoms with van der Waals surface area (Å²) in [6.07, 6.45) is 53.1. The lowest BCUT2D eigenvalue weighted by atomic mass is 10.0. The van der Waals surface area contributed by atoms with E-state index < -0.39 is 6.10 Å². The molecule has 280 valence electrons.